The van der Waals surface area contributed by atoms with E-state index >= 15 is 0 Å². The summed E-state index contributed by atoms with van der Waals surface area (Å²) in [5.74, 6) is 0.580. The highest BCUT2D eigenvalue weighted by atomic mass is 16.8. The number of hydrogen-bond donors (Lipinski definition) is 10. The number of ether oxygens (including phenoxy) is 8. The number of aliphatic hydroxyl groups excluding tert-OH is 9. The van der Waals surface area contributed by atoms with Crippen LogP contribution in [0.1, 0.15) is 92.4 Å². The second-order valence-corrected chi connectivity index (χ2v) is 21.2. The summed E-state index contributed by atoms with van der Waals surface area (Å²) in [6.45, 7) is 9.64. The summed E-state index contributed by atoms with van der Waals surface area (Å²) in [5, 5.41) is 109. The molecule has 4 aliphatic carbocycles. The number of rotatable bonds is 8. The van der Waals surface area contributed by atoms with Gasteiger partial charge in [-0.1, -0.05) is 39.3 Å². The lowest BCUT2D eigenvalue weighted by Gasteiger charge is -2.60. The van der Waals surface area contributed by atoms with Crippen LogP contribution in [0.5, 0.6) is 0 Å². The summed E-state index contributed by atoms with van der Waals surface area (Å²) in [7, 11) is 0. The molecule has 5 aliphatic heterocycles. The molecule has 10 N–H and O–H groups in total. The molecular formula is C45H72O18. The number of allylic oxidation sites excluding steroid dienone is 1. The lowest BCUT2D eigenvalue weighted by atomic mass is 9.46. The van der Waals surface area contributed by atoms with E-state index in [1.165, 1.54) is 12.5 Å². The summed E-state index contributed by atoms with van der Waals surface area (Å²) in [6.07, 6.45) is -14.6. The van der Waals surface area contributed by atoms with Gasteiger partial charge in [-0.15, -0.1) is 0 Å². The Labute approximate surface area is 368 Å². The van der Waals surface area contributed by atoms with Crippen LogP contribution in [0.4, 0.5) is 0 Å². The molecule has 5 heterocycles. The summed E-state index contributed by atoms with van der Waals surface area (Å²) < 4.78 is 50.0. The maximum atomic E-state index is 12.8. The second-order valence-electron chi connectivity index (χ2n) is 21.2. The van der Waals surface area contributed by atoms with Crippen molar-refractivity contribution >= 4 is 0 Å². The molecule has 9 rings (SSSR count). The molecule has 26 atom stereocenters. The van der Waals surface area contributed by atoms with Gasteiger partial charge in [0.15, 0.2) is 24.7 Å². The van der Waals surface area contributed by atoms with Crippen molar-refractivity contribution in [3.05, 3.63) is 11.6 Å². The van der Waals surface area contributed by atoms with E-state index < -0.39 is 123 Å². The molecule has 0 amide bonds. The second kappa shape index (κ2) is 17.2. The lowest BCUT2D eigenvalue weighted by molar-refractivity contribution is -0.394. The minimum absolute atomic E-state index is 0.143. The van der Waals surface area contributed by atoms with E-state index in [0.29, 0.717) is 37.2 Å². The molecule has 18 heteroatoms. The van der Waals surface area contributed by atoms with Crippen molar-refractivity contribution in [3.8, 4) is 0 Å². The zero-order chi connectivity index (χ0) is 45.1. The third-order valence-electron chi connectivity index (χ3n) is 17.9. The quantitative estimate of drug-likeness (QED) is 0.135. The van der Waals surface area contributed by atoms with Crippen LogP contribution in [0.2, 0.25) is 0 Å². The Bertz CT molecular complexity index is 1660. The molecule has 8 fully saturated rings. The van der Waals surface area contributed by atoms with E-state index in [0.717, 1.165) is 44.9 Å². The Morgan fingerprint density at radius 2 is 1.33 bits per heavy atom. The summed E-state index contributed by atoms with van der Waals surface area (Å²) in [4.78, 5) is 0. The van der Waals surface area contributed by atoms with Gasteiger partial charge in [-0.05, 0) is 87.4 Å². The topological polar surface area (TPSA) is 276 Å². The average molecular weight is 901 g/mol. The molecule has 0 bridgehead atoms. The molecule has 1 spiro atoms. The highest BCUT2D eigenvalue weighted by molar-refractivity contribution is 5.29. The highest BCUT2D eigenvalue weighted by Gasteiger charge is 2.76. The molecule has 18 nitrogen and oxygen atoms in total. The Balaban J connectivity index is 0.948. The van der Waals surface area contributed by atoms with E-state index in [9.17, 15) is 51.1 Å². The van der Waals surface area contributed by atoms with Gasteiger partial charge in [0.2, 0.25) is 0 Å². The van der Waals surface area contributed by atoms with Gasteiger partial charge in [-0.25, -0.2) is 0 Å². The normalized spacial score (nSPS) is 58.1. The van der Waals surface area contributed by atoms with Crippen LogP contribution in [-0.4, -0.2) is 187 Å². The van der Waals surface area contributed by atoms with E-state index in [2.05, 4.69) is 33.8 Å². The smallest absolute Gasteiger partial charge is 0.187 e. The average Bonchev–Trinajstić information content (AvgIpc) is 3.62. The van der Waals surface area contributed by atoms with Crippen LogP contribution in [0.3, 0.4) is 0 Å². The van der Waals surface area contributed by atoms with Crippen molar-refractivity contribution in [2.24, 2.45) is 40.4 Å². The first-order valence-electron chi connectivity index (χ1n) is 23.5. The standard InChI is InChI=1S/C45H72O18/c1-19-8-13-44(56-18-19)21(3)45(55)29(63-44)15-26-24-7-6-22-14-23(9-11-42(22,4)25(24)10-12-43(26,45)5)58-41-38(62-39-35(53)33(51)30(48)20(2)57-39)37(32(50)28(17-47)60-41)61-40-36(54)34(52)31(49)27(16-46)59-40/h6,19-21,23-41,46-55H,7-18H2,1-5H3/t19-,20-,21+,23-,24+,25-,26-,27+,28+,29-,30-,31+,32+,33+,34-,35+,36+,37-,38+,39-,40-,41+,42-,43-,44+,45+/m0/s1. The molecule has 9 aliphatic rings. The number of hydrogen-bond acceptors (Lipinski definition) is 18. The first-order chi connectivity index (χ1) is 29.8. The van der Waals surface area contributed by atoms with Crippen LogP contribution >= 0.6 is 0 Å². The summed E-state index contributed by atoms with van der Waals surface area (Å²) >= 11 is 0. The molecule has 0 unspecified atom stereocenters. The summed E-state index contributed by atoms with van der Waals surface area (Å²) in [5.41, 5.74) is -0.202. The zero-order valence-corrected chi connectivity index (χ0v) is 37.0. The highest BCUT2D eigenvalue weighted by Crippen LogP contribution is 2.72. The van der Waals surface area contributed by atoms with Crippen LogP contribution in [0, 0.1) is 40.4 Å². The van der Waals surface area contributed by atoms with Gasteiger partial charge in [-0.2, -0.15) is 0 Å². The molecule has 0 aromatic heterocycles. The van der Waals surface area contributed by atoms with Gasteiger partial charge in [0.05, 0.1) is 38.1 Å². The molecule has 0 radical (unpaired) electrons. The monoisotopic (exact) mass is 900 g/mol. The predicted molar refractivity (Wildman–Crippen MR) is 216 cm³/mol. The number of aliphatic hydroxyl groups is 10. The Morgan fingerprint density at radius 3 is 2.02 bits per heavy atom. The third kappa shape index (κ3) is 7.35. The molecule has 5 saturated heterocycles. The van der Waals surface area contributed by atoms with Crippen molar-refractivity contribution in [2.75, 3.05) is 19.8 Å². The van der Waals surface area contributed by atoms with Crippen molar-refractivity contribution in [3.63, 3.8) is 0 Å². The fourth-order valence-electron chi connectivity index (χ4n) is 13.9. The molecule has 0 aromatic rings. The van der Waals surface area contributed by atoms with Crippen LogP contribution < -0.4 is 0 Å². The van der Waals surface area contributed by atoms with Crippen LogP contribution in [0.25, 0.3) is 0 Å². The first kappa shape index (κ1) is 47.1. The van der Waals surface area contributed by atoms with Crippen molar-refractivity contribution in [2.45, 2.75) is 208 Å². The van der Waals surface area contributed by atoms with Crippen LogP contribution in [0.15, 0.2) is 11.6 Å². The third-order valence-corrected chi connectivity index (χ3v) is 17.9. The van der Waals surface area contributed by atoms with Gasteiger partial charge >= 0.3 is 0 Å². The minimum atomic E-state index is -1.86. The Morgan fingerprint density at radius 1 is 0.683 bits per heavy atom. The minimum Gasteiger partial charge on any atom is -0.394 e. The fraction of sp³-hybridized carbons (Fsp3) is 0.956. The fourth-order valence-corrected chi connectivity index (χ4v) is 13.9. The van der Waals surface area contributed by atoms with E-state index in [1.807, 2.05) is 0 Å². The van der Waals surface area contributed by atoms with E-state index in [4.69, 9.17) is 37.9 Å². The molecule has 0 aromatic carbocycles. The molecule has 360 valence electrons. The Hall–Kier alpha value is -0.980. The lowest BCUT2D eigenvalue weighted by Crippen LogP contribution is -2.67. The van der Waals surface area contributed by atoms with Crippen molar-refractivity contribution in [1.29, 1.82) is 0 Å². The van der Waals surface area contributed by atoms with Gasteiger partial charge in [0.25, 0.3) is 0 Å². The molecule has 3 saturated carbocycles. The summed E-state index contributed by atoms with van der Waals surface area (Å²) in [6, 6.07) is 0. The largest absolute Gasteiger partial charge is 0.394 e. The number of fused-ring (bicyclic) bond motifs is 7. The Kier molecular flexibility index (Phi) is 12.9. The molecular weight excluding hydrogens is 828 g/mol. The SMILES string of the molecule is C[C@H]1CC[C@@]2(OC1)O[C@H]1C[C@H]3[C@@H]4CC=C5C[C@@H](O[C@@H]6O[C@H](CO)[C@@H](O)[C@H](O[C@@H]7O[C@H](CO)[C@@H](O)[C@H](O)[C@H]7O)[C@H]6O[C@@H]6O[C@@H](C)[C@H](O)[C@@H](O)[C@H]6O)CC[C@]5(C)[C@H]4CC[C@]3(C)[C@@]1(O)[C@@H]2C. The zero-order valence-electron chi connectivity index (χ0n) is 37.0. The van der Waals surface area contributed by atoms with Gasteiger partial charge in [0, 0.05) is 17.8 Å². The predicted octanol–water partition coefficient (Wildman–Crippen LogP) is -0.671. The van der Waals surface area contributed by atoms with Gasteiger partial charge < -0.3 is 89.0 Å². The van der Waals surface area contributed by atoms with Gasteiger partial charge in [0.1, 0.15) is 72.7 Å². The van der Waals surface area contributed by atoms with Crippen molar-refractivity contribution < 1.29 is 89.0 Å². The maximum absolute atomic E-state index is 12.8. The van der Waals surface area contributed by atoms with E-state index in [1.54, 1.807) is 0 Å². The van der Waals surface area contributed by atoms with Gasteiger partial charge in [-0.3, -0.25) is 0 Å². The first-order valence-corrected chi connectivity index (χ1v) is 23.5. The van der Waals surface area contributed by atoms with Crippen molar-refractivity contribution in [1.82, 2.24) is 0 Å². The molecule has 63 heavy (non-hydrogen) atoms. The van der Waals surface area contributed by atoms with E-state index in [-0.39, 0.29) is 28.8 Å². The maximum Gasteiger partial charge on any atom is 0.187 e. The van der Waals surface area contributed by atoms with Crippen LogP contribution in [-0.2, 0) is 37.9 Å².